The van der Waals surface area contributed by atoms with Crippen LogP contribution in [-0.2, 0) is 28.5 Å². The van der Waals surface area contributed by atoms with Gasteiger partial charge in [0.2, 0.25) is 0 Å². The van der Waals surface area contributed by atoms with Gasteiger partial charge in [-0.15, -0.1) is 0 Å². The highest BCUT2D eigenvalue weighted by molar-refractivity contribution is 5.75. The number of hydrogen-bond donors (Lipinski definition) is 2. The first-order valence-corrected chi connectivity index (χ1v) is 11.2. The SMILES string of the molecule is COC(=O)C(C)N(CCOCCNC(=O)OC(C)(C)C)CCOCCNC(=O)OC(C)(C)C. The number of esters is 1. The van der Waals surface area contributed by atoms with Crippen LogP contribution >= 0.6 is 0 Å². The van der Waals surface area contributed by atoms with E-state index in [4.69, 9.17) is 23.7 Å². The third-order valence-corrected chi connectivity index (χ3v) is 3.96. The largest absolute Gasteiger partial charge is 0.468 e. The lowest BCUT2D eigenvalue weighted by atomic mass is 10.2. The molecule has 0 saturated carbocycles. The first kappa shape index (κ1) is 30.9. The van der Waals surface area contributed by atoms with Crippen molar-refractivity contribution in [2.45, 2.75) is 65.7 Å². The molecule has 0 heterocycles. The fourth-order valence-corrected chi connectivity index (χ4v) is 2.47. The number of alkyl carbamates (subject to hydrolysis) is 2. The average Bonchev–Trinajstić information content (AvgIpc) is 2.67. The van der Waals surface area contributed by atoms with Crippen LogP contribution < -0.4 is 10.6 Å². The zero-order valence-corrected chi connectivity index (χ0v) is 21.4. The van der Waals surface area contributed by atoms with Gasteiger partial charge in [-0.3, -0.25) is 9.69 Å². The smallest absolute Gasteiger partial charge is 0.407 e. The third kappa shape index (κ3) is 18.0. The van der Waals surface area contributed by atoms with Gasteiger partial charge in [0.1, 0.15) is 17.2 Å². The summed E-state index contributed by atoms with van der Waals surface area (Å²) < 4.78 is 26.2. The number of ether oxygens (including phenoxy) is 5. The lowest BCUT2D eigenvalue weighted by molar-refractivity contribution is -0.146. The summed E-state index contributed by atoms with van der Waals surface area (Å²) in [5.41, 5.74) is -1.10. The lowest BCUT2D eigenvalue weighted by Crippen LogP contribution is -2.43. The van der Waals surface area contributed by atoms with Gasteiger partial charge in [0.25, 0.3) is 0 Å². The Kier molecular flexibility index (Phi) is 14.7. The van der Waals surface area contributed by atoms with E-state index in [1.54, 1.807) is 48.5 Å². The first-order valence-electron chi connectivity index (χ1n) is 11.2. The van der Waals surface area contributed by atoms with Gasteiger partial charge in [-0.25, -0.2) is 9.59 Å². The van der Waals surface area contributed by atoms with Crippen molar-refractivity contribution in [3.8, 4) is 0 Å². The van der Waals surface area contributed by atoms with Gasteiger partial charge in [0.05, 0.1) is 33.5 Å². The molecule has 0 fully saturated rings. The Morgan fingerprint density at radius 1 is 0.758 bits per heavy atom. The van der Waals surface area contributed by atoms with Crippen molar-refractivity contribution in [2.75, 3.05) is 59.7 Å². The highest BCUT2D eigenvalue weighted by Gasteiger charge is 2.22. The molecule has 0 aliphatic carbocycles. The van der Waals surface area contributed by atoms with Gasteiger partial charge in [0, 0.05) is 26.2 Å². The molecule has 0 aliphatic rings. The summed E-state index contributed by atoms with van der Waals surface area (Å²) in [4.78, 5) is 37.0. The number of hydrogen-bond acceptors (Lipinski definition) is 9. The van der Waals surface area contributed by atoms with Crippen molar-refractivity contribution in [2.24, 2.45) is 0 Å². The molecule has 2 amide bonds. The second-order valence-corrected chi connectivity index (χ2v) is 9.32. The molecular formula is C22H43N3O8. The molecule has 0 saturated heterocycles. The van der Waals surface area contributed by atoms with E-state index in [0.717, 1.165) is 0 Å². The molecule has 0 aromatic rings. The van der Waals surface area contributed by atoms with E-state index in [0.29, 0.717) is 52.6 Å². The number of methoxy groups -OCH3 is 1. The quantitative estimate of drug-likeness (QED) is 0.219. The molecule has 1 atom stereocenters. The van der Waals surface area contributed by atoms with E-state index in [1.807, 2.05) is 4.90 Å². The maximum Gasteiger partial charge on any atom is 0.407 e. The van der Waals surface area contributed by atoms with Gasteiger partial charge in [0.15, 0.2) is 0 Å². The summed E-state index contributed by atoms with van der Waals surface area (Å²) in [7, 11) is 1.34. The summed E-state index contributed by atoms with van der Waals surface area (Å²) in [5.74, 6) is -0.354. The van der Waals surface area contributed by atoms with Crippen LogP contribution in [0.3, 0.4) is 0 Å². The highest BCUT2D eigenvalue weighted by Crippen LogP contribution is 2.07. The van der Waals surface area contributed by atoms with Crippen molar-refractivity contribution in [1.29, 1.82) is 0 Å². The van der Waals surface area contributed by atoms with Crippen LogP contribution in [0.4, 0.5) is 9.59 Å². The van der Waals surface area contributed by atoms with E-state index in [-0.39, 0.29) is 5.97 Å². The predicted octanol–water partition coefficient (Wildman–Crippen LogP) is 1.93. The Bertz CT molecular complexity index is 547. The second kappa shape index (κ2) is 15.7. The molecule has 33 heavy (non-hydrogen) atoms. The van der Waals surface area contributed by atoms with Gasteiger partial charge in [-0.2, -0.15) is 0 Å². The van der Waals surface area contributed by atoms with Crippen molar-refractivity contribution in [3.05, 3.63) is 0 Å². The zero-order valence-electron chi connectivity index (χ0n) is 21.4. The molecule has 0 spiro atoms. The molecule has 0 aromatic heterocycles. The van der Waals surface area contributed by atoms with E-state index in [9.17, 15) is 14.4 Å². The summed E-state index contributed by atoms with van der Waals surface area (Å²) in [6.07, 6.45) is -0.990. The van der Waals surface area contributed by atoms with E-state index < -0.39 is 29.4 Å². The molecule has 1 unspecified atom stereocenters. The molecule has 0 aliphatic heterocycles. The molecule has 11 heteroatoms. The van der Waals surface area contributed by atoms with Crippen LogP contribution in [0.2, 0.25) is 0 Å². The lowest BCUT2D eigenvalue weighted by Gasteiger charge is -2.27. The second-order valence-electron chi connectivity index (χ2n) is 9.32. The molecule has 11 nitrogen and oxygen atoms in total. The van der Waals surface area contributed by atoms with E-state index in [2.05, 4.69) is 10.6 Å². The maximum absolute atomic E-state index is 11.9. The van der Waals surface area contributed by atoms with Crippen molar-refractivity contribution in [1.82, 2.24) is 15.5 Å². The summed E-state index contributed by atoms with van der Waals surface area (Å²) in [6, 6.07) is -0.470. The zero-order chi connectivity index (χ0) is 25.5. The summed E-state index contributed by atoms with van der Waals surface area (Å²) >= 11 is 0. The minimum Gasteiger partial charge on any atom is -0.468 e. The van der Waals surface area contributed by atoms with Crippen LogP contribution in [-0.4, -0.2) is 100 Å². The Hall–Kier alpha value is -2.11. The van der Waals surface area contributed by atoms with Crippen LogP contribution in [0.25, 0.3) is 0 Å². The van der Waals surface area contributed by atoms with Gasteiger partial charge >= 0.3 is 18.2 Å². The van der Waals surface area contributed by atoms with Crippen molar-refractivity contribution >= 4 is 18.2 Å². The highest BCUT2D eigenvalue weighted by atomic mass is 16.6. The number of amides is 2. The van der Waals surface area contributed by atoms with Gasteiger partial charge in [-0.1, -0.05) is 0 Å². The maximum atomic E-state index is 11.9. The fourth-order valence-electron chi connectivity index (χ4n) is 2.47. The third-order valence-electron chi connectivity index (χ3n) is 3.96. The average molecular weight is 478 g/mol. The number of nitrogens with one attached hydrogen (secondary N) is 2. The first-order chi connectivity index (χ1) is 15.2. The van der Waals surface area contributed by atoms with Crippen molar-refractivity contribution in [3.63, 3.8) is 0 Å². The fraction of sp³-hybridized carbons (Fsp3) is 0.864. The van der Waals surface area contributed by atoms with Crippen LogP contribution in [0, 0.1) is 0 Å². The Morgan fingerprint density at radius 2 is 1.15 bits per heavy atom. The van der Waals surface area contributed by atoms with Crippen LogP contribution in [0.5, 0.6) is 0 Å². The molecule has 0 rings (SSSR count). The van der Waals surface area contributed by atoms with E-state index >= 15 is 0 Å². The molecular weight excluding hydrogens is 434 g/mol. The molecule has 2 N–H and O–H groups in total. The summed E-state index contributed by atoms with van der Waals surface area (Å²) in [5, 5.41) is 5.24. The van der Waals surface area contributed by atoms with E-state index in [1.165, 1.54) is 7.11 Å². The van der Waals surface area contributed by atoms with Gasteiger partial charge in [-0.05, 0) is 48.5 Å². The normalized spacial score (nSPS) is 12.8. The molecule has 0 aromatic carbocycles. The minimum absolute atomic E-state index is 0.312. The molecule has 0 radical (unpaired) electrons. The number of carbonyl (C=O) groups excluding carboxylic acids is 3. The molecule has 194 valence electrons. The number of rotatable bonds is 14. The van der Waals surface area contributed by atoms with Gasteiger partial charge < -0.3 is 34.3 Å². The number of nitrogens with zero attached hydrogens (tertiary/aromatic N) is 1. The Morgan fingerprint density at radius 3 is 1.48 bits per heavy atom. The topological polar surface area (TPSA) is 125 Å². The Balaban J connectivity index is 4.19. The monoisotopic (exact) mass is 477 g/mol. The van der Waals surface area contributed by atoms with Crippen LogP contribution in [0.15, 0.2) is 0 Å². The van der Waals surface area contributed by atoms with Crippen LogP contribution in [0.1, 0.15) is 48.5 Å². The minimum atomic E-state index is -0.552. The standard InChI is InChI=1S/C22H43N3O8/c1-17(18(26)29-8)25(11-15-30-13-9-23-19(27)32-21(2,3)4)12-16-31-14-10-24-20(28)33-22(5,6)7/h17H,9-16H2,1-8H3,(H,23,27)(H,24,28). The number of carbonyl (C=O) groups is 3. The Labute approximate surface area is 197 Å². The molecule has 0 bridgehead atoms. The summed E-state index contributed by atoms with van der Waals surface area (Å²) in [6.45, 7) is 15.4. The van der Waals surface area contributed by atoms with Crippen molar-refractivity contribution < 1.29 is 38.1 Å². The predicted molar refractivity (Wildman–Crippen MR) is 123 cm³/mol.